The molecule has 2 rings (SSSR count). The van der Waals surface area contributed by atoms with Crippen molar-refractivity contribution in [2.45, 2.75) is 37.4 Å². The molecule has 22 heavy (non-hydrogen) atoms. The van der Waals surface area contributed by atoms with Crippen LogP contribution in [0.3, 0.4) is 0 Å². The fourth-order valence-electron chi connectivity index (χ4n) is 2.78. The number of hydrogen-bond donors (Lipinski definition) is 1. The van der Waals surface area contributed by atoms with Crippen molar-refractivity contribution in [1.29, 1.82) is 0 Å². The number of para-hydroxylation sites is 1. The van der Waals surface area contributed by atoms with Crippen molar-refractivity contribution in [3.8, 4) is 11.5 Å². The van der Waals surface area contributed by atoms with Crippen molar-refractivity contribution in [3.05, 3.63) is 23.8 Å². The molecule has 0 heterocycles. The van der Waals surface area contributed by atoms with E-state index < -0.39 is 0 Å². The summed E-state index contributed by atoms with van der Waals surface area (Å²) >= 11 is 1.98. The second kappa shape index (κ2) is 8.93. The van der Waals surface area contributed by atoms with E-state index in [9.17, 15) is 4.79 Å². The zero-order valence-corrected chi connectivity index (χ0v) is 14.2. The third-order valence-electron chi connectivity index (χ3n) is 3.94. The highest BCUT2D eigenvalue weighted by Gasteiger charge is 2.17. The highest BCUT2D eigenvalue weighted by Crippen LogP contribution is 2.30. The molecule has 5 heteroatoms. The number of hydrogen-bond acceptors (Lipinski definition) is 4. The second-order valence-corrected chi connectivity index (χ2v) is 6.84. The molecule has 1 amide bonds. The molecule has 0 saturated heterocycles. The average molecular weight is 323 g/mol. The fraction of sp³-hybridized carbons (Fsp3) is 0.588. The van der Waals surface area contributed by atoms with Gasteiger partial charge in [-0.05, 0) is 25.0 Å². The summed E-state index contributed by atoms with van der Waals surface area (Å²) in [6.45, 7) is 0.681. The number of amides is 1. The molecule has 4 nitrogen and oxygen atoms in total. The Hall–Kier alpha value is -1.36. The van der Waals surface area contributed by atoms with E-state index >= 15 is 0 Å². The number of methoxy groups -OCH3 is 2. The summed E-state index contributed by atoms with van der Waals surface area (Å²) in [5, 5.41) is 3.74. The van der Waals surface area contributed by atoms with Crippen LogP contribution in [-0.4, -0.2) is 37.7 Å². The van der Waals surface area contributed by atoms with Crippen molar-refractivity contribution in [2.24, 2.45) is 0 Å². The van der Waals surface area contributed by atoms with Gasteiger partial charge in [0.15, 0.2) is 11.5 Å². The largest absolute Gasteiger partial charge is 0.493 e. The van der Waals surface area contributed by atoms with Gasteiger partial charge in [0, 0.05) is 17.5 Å². The van der Waals surface area contributed by atoms with Crippen LogP contribution in [0.2, 0.25) is 0 Å². The molecule has 1 aromatic carbocycles. The summed E-state index contributed by atoms with van der Waals surface area (Å²) in [5.41, 5.74) is 0.518. The number of thioether (sulfide) groups is 1. The minimum absolute atomic E-state index is 0.111. The van der Waals surface area contributed by atoms with Crippen molar-refractivity contribution in [2.75, 3.05) is 26.5 Å². The molecule has 1 aliphatic carbocycles. The van der Waals surface area contributed by atoms with Gasteiger partial charge in [-0.25, -0.2) is 0 Å². The molecule has 0 spiro atoms. The van der Waals surface area contributed by atoms with Gasteiger partial charge in [-0.1, -0.05) is 25.3 Å². The lowest BCUT2D eigenvalue weighted by Gasteiger charge is -2.21. The van der Waals surface area contributed by atoms with Crippen LogP contribution in [-0.2, 0) is 0 Å². The van der Waals surface area contributed by atoms with Crippen LogP contribution in [0, 0.1) is 0 Å². The summed E-state index contributed by atoms with van der Waals surface area (Å²) < 4.78 is 10.5. The Kier molecular flexibility index (Phi) is 6.90. The van der Waals surface area contributed by atoms with Gasteiger partial charge in [-0.15, -0.1) is 0 Å². The zero-order chi connectivity index (χ0) is 15.8. The third-order valence-corrected chi connectivity index (χ3v) is 5.32. The monoisotopic (exact) mass is 323 g/mol. The van der Waals surface area contributed by atoms with E-state index in [1.807, 2.05) is 11.8 Å². The van der Waals surface area contributed by atoms with Crippen LogP contribution in [0.25, 0.3) is 0 Å². The Labute approximate surface area is 137 Å². The number of rotatable bonds is 7. The van der Waals surface area contributed by atoms with E-state index in [-0.39, 0.29) is 5.91 Å². The maximum absolute atomic E-state index is 12.3. The molecule has 0 bridgehead atoms. The second-order valence-electron chi connectivity index (χ2n) is 5.43. The zero-order valence-electron chi connectivity index (χ0n) is 13.4. The van der Waals surface area contributed by atoms with Gasteiger partial charge in [-0.3, -0.25) is 4.79 Å². The van der Waals surface area contributed by atoms with Gasteiger partial charge in [0.1, 0.15) is 0 Å². The fourth-order valence-corrected chi connectivity index (χ4v) is 4.00. The quantitative estimate of drug-likeness (QED) is 0.780. The van der Waals surface area contributed by atoms with Gasteiger partial charge >= 0.3 is 0 Å². The average Bonchev–Trinajstić information content (AvgIpc) is 2.58. The molecule has 0 aliphatic heterocycles. The Bertz CT molecular complexity index is 487. The molecule has 1 saturated carbocycles. The molecule has 1 fully saturated rings. The lowest BCUT2D eigenvalue weighted by molar-refractivity contribution is 0.0952. The minimum Gasteiger partial charge on any atom is -0.493 e. The maximum Gasteiger partial charge on any atom is 0.255 e. The summed E-state index contributed by atoms with van der Waals surface area (Å²) in [6.07, 6.45) is 6.73. The predicted octanol–water partition coefficient (Wildman–Crippen LogP) is 3.50. The molecular weight excluding hydrogens is 298 g/mol. The first-order valence-electron chi connectivity index (χ1n) is 7.87. The molecular formula is C17H25NO3S. The summed E-state index contributed by atoms with van der Waals surface area (Å²) in [4.78, 5) is 12.3. The topological polar surface area (TPSA) is 47.6 Å². The highest BCUT2D eigenvalue weighted by atomic mass is 32.2. The number of ether oxygens (including phenoxy) is 2. The predicted molar refractivity (Wildman–Crippen MR) is 91.2 cm³/mol. The first kappa shape index (κ1) is 17.0. The van der Waals surface area contributed by atoms with Gasteiger partial charge in [0.25, 0.3) is 5.91 Å². The van der Waals surface area contributed by atoms with E-state index in [4.69, 9.17) is 9.47 Å². The number of nitrogens with one attached hydrogen (secondary N) is 1. The van der Waals surface area contributed by atoms with Crippen LogP contribution in [0.15, 0.2) is 18.2 Å². The van der Waals surface area contributed by atoms with Gasteiger partial charge in [-0.2, -0.15) is 11.8 Å². The van der Waals surface area contributed by atoms with E-state index in [0.29, 0.717) is 23.6 Å². The molecule has 0 aromatic heterocycles. The van der Waals surface area contributed by atoms with E-state index in [1.54, 1.807) is 32.4 Å². The minimum atomic E-state index is -0.111. The van der Waals surface area contributed by atoms with Crippen molar-refractivity contribution >= 4 is 17.7 Å². The van der Waals surface area contributed by atoms with Gasteiger partial charge in [0.05, 0.1) is 19.8 Å². The van der Waals surface area contributed by atoms with Crippen LogP contribution in [0.5, 0.6) is 11.5 Å². The molecule has 1 N–H and O–H groups in total. The first-order valence-corrected chi connectivity index (χ1v) is 8.92. The lowest BCUT2D eigenvalue weighted by Crippen LogP contribution is -2.27. The molecule has 1 aromatic rings. The summed E-state index contributed by atoms with van der Waals surface area (Å²) in [7, 11) is 3.12. The maximum atomic E-state index is 12.3. The third kappa shape index (κ3) is 4.57. The van der Waals surface area contributed by atoms with Gasteiger partial charge < -0.3 is 14.8 Å². The van der Waals surface area contributed by atoms with Crippen LogP contribution in [0.1, 0.15) is 42.5 Å². The number of carbonyl (C=O) groups is 1. The van der Waals surface area contributed by atoms with Crippen LogP contribution in [0.4, 0.5) is 0 Å². The molecule has 1 aliphatic rings. The van der Waals surface area contributed by atoms with Crippen LogP contribution >= 0.6 is 11.8 Å². The molecule has 0 unspecified atom stereocenters. The normalized spacial score (nSPS) is 15.4. The standard InChI is InChI=1S/C17H25NO3S/c1-20-15-10-6-9-14(16(15)21-2)17(19)18-11-12-22-13-7-4-3-5-8-13/h6,9-10,13H,3-5,7-8,11-12H2,1-2H3,(H,18,19). The van der Waals surface area contributed by atoms with Crippen molar-refractivity contribution < 1.29 is 14.3 Å². The number of benzene rings is 1. The lowest BCUT2D eigenvalue weighted by atomic mass is 10.0. The van der Waals surface area contributed by atoms with E-state index in [0.717, 1.165) is 11.0 Å². The highest BCUT2D eigenvalue weighted by molar-refractivity contribution is 7.99. The SMILES string of the molecule is COc1cccc(C(=O)NCCSC2CCCCC2)c1OC. The summed E-state index contributed by atoms with van der Waals surface area (Å²) in [6, 6.07) is 5.34. The molecule has 0 radical (unpaired) electrons. The van der Waals surface area contributed by atoms with Crippen molar-refractivity contribution in [1.82, 2.24) is 5.32 Å². The Morgan fingerprint density at radius 1 is 1.23 bits per heavy atom. The van der Waals surface area contributed by atoms with E-state index in [1.165, 1.54) is 32.1 Å². The Morgan fingerprint density at radius 2 is 2.00 bits per heavy atom. The molecule has 0 atom stereocenters. The Balaban J connectivity index is 1.82. The van der Waals surface area contributed by atoms with Gasteiger partial charge in [0.2, 0.25) is 0 Å². The first-order chi connectivity index (χ1) is 10.8. The van der Waals surface area contributed by atoms with Crippen molar-refractivity contribution in [3.63, 3.8) is 0 Å². The number of carbonyl (C=O) groups excluding carboxylic acids is 1. The van der Waals surface area contributed by atoms with E-state index in [2.05, 4.69) is 5.32 Å². The molecule has 122 valence electrons. The summed E-state index contributed by atoms with van der Waals surface area (Å²) in [5.74, 6) is 1.91. The Morgan fingerprint density at radius 3 is 2.68 bits per heavy atom. The van der Waals surface area contributed by atoms with Crippen LogP contribution < -0.4 is 14.8 Å². The smallest absolute Gasteiger partial charge is 0.255 e.